The molecule has 630 valence electrons. The summed E-state index contributed by atoms with van der Waals surface area (Å²) in [6.45, 7) is 7.36. The summed E-state index contributed by atoms with van der Waals surface area (Å²) < 4.78 is 69.0. The normalized spacial score (nSPS) is 13.7. The molecular weight excluding hydrogens is 1380 g/mol. The van der Waals surface area contributed by atoms with E-state index in [1.54, 1.807) is 0 Å². The minimum Gasteiger partial charge on any atom is -0.462 e. The van der Waals surface area contributed by atoms with E-state index in [-0.39, 0.29) is 25.7 Å². The van der Waals surface area contributed by atoms with E-state index < -0.39 is 97.5 Å². The first-order chi connectivity index (χ1) is 51.5. The average Bonchev–Trinajstić information content (AvgIpc) is 0.903. The third-order valence-electron chi connectivity index (χ3n) is 20.5. The highest BCUT2D eigenvalue weighted by atomic mass is 31.2. The third-order valence-corrected chi connectivity index (χ3v) is 22.4. The van der Waals surface area contributed by atoms with Gasteiger partial charge in [0.05, 0.1) is 26.4 Å². The van der Waals surface area contributed by atoms with E-state index in [1.165, 1.54) is 295 Å². The van der Waals surface area contributed by atoms with E-state index in [2.05, 4.69) is 34.6 Å². The van der Waals surface area contributed by atoms with Gasteiger partial charge in [0.25, 0.3) is 0 Å². The van der Waals surface area contributed by atoms with Crippen LogP contribution in [0.3, 0.4) is 0 Å². The van der Waals surface area contributed by atoms with Crippen molar-refractivity contribution < 1.29 is 80.2 Å². The van der Waals surface area contributed by atoms with Gasteiger partial charge in [0.15, 0.2) is 12.2 Å². The topological polar surface area (TPSA) is 237 Å². The maximum absolute atomic E-state index is 13.2. The molecule has 0 aliphatic heterocycles. The van der Waals surface area contributed by atoms with Crippen LogP contribution in [0.5, 0.6) is 0 Å². The fourth-order valence-electron chi connectivity index (χ4n) is 13.6. The number of esters is 4. The van der Waals surface area contributed by atoms with Crippen LogP contribution < -0.4 is 0 Å². The number of carbonyl (C=O) groups is 4. The Morgan fingerprint density at radius 2 is 0.434 bits per heavy atom. The molecule has 0 rings (SSSR count). The van der Waals surface area contributed by atoms with Crippen LogP contribution in [0.4, 0.5) is 0 Å². The molecule has 5 atom stereocenters. The Hall–Kier alpha value is -1.94. The smallest absolute Gasteiger partial charge is 0.462 e. The lowest BCUT2D eigenvalue weighted by Gasteiger charge is -2.21. The Morgan fingerprint density at radius 3 is 0.642 bits per heavy atom. The molecular formula is C87H170O17P2. The predicted octanol–water partition coefficient (Wildman–Crippen LogP) is 26.8. The number of hydrogen-bond donors (Lipinski definition) is 3. The molecule has 0 spiro atoms. The lowest BCUT2D eigenvalue weighted by atomic mass is 10.0. The minimum absolute atomic E-state index is 0.109. The quantitative estimate of drug-likeness (QED) is 0.0222. The Morgan fingerprint density at radius 1 is 0.255 bits per heavy atom. The number of aliphatic hydroxyl groups is 1. The van der Waals surface area contributed by atoms with Crippen molar-refractivity contribution in [3.05, 3.63) is 0 Å². The number of phosphoric ester groups is 2. The van der Waals surface area contributed by atoms with Crippen LogP contribution in [-0.4, -0.2) is 96.7 Å². The molecule has 0 saturated carbocycles. The van der Waals surface area contributed by atoms with E-state index in [9.17, 15) is 43.2 Å². The molecule has 0 aromatic heterocycles. The molecule has 0 heterocycles. The number of rotatable bonds is 87. The van der Waals surface area contributed by atoms with Gasteiger partial charge in [0.1, 0.15) is 19.3 Å². The van der Waals surface area contributed by atoms with Crippen LogP contribution in [0.2, 0.25) is 0 Å². The zero-order valence-electron chi connectivity index (χ0n) is 69.6. The van der Waals surface area contributed by atoms with Crippen LogP contribution in [0, 0.1) is 5.92 Å². The lowest BCUT2D eigenvalue weighted by molar-refractivity contribution is -0.161. The first-order valence-electron chi connectivity index (χ1n) is 45.1. The van der Waals surface area contributed by atoms with Crippen molar-refractivity contribution in [2.24, 2.45) is 5.92 Å². The summed E-state index contributed by atoms with van der Waals surface area (Å²) in [4.78, 5) is 73.3. The summed E-state index contributed by atoms with van der Waals surface area (Å²) in [7, 11) is -9.93. The second-order valence-electron chi connectivity index (χ2n) is 31.8. The van der Waals surface area contributed by atoms with Gasteiger partial charge in [-0.25, -0.2) is 9.13 Å². The van der Waals surface area contributed by atoms with Gasteiger partial charge < -0.3 is 33.8 Å². The molecule has 2 unspecified atom stereocenters. The van der Waals surface area contributed by atoms with Gasteiger partial charge in [-0.2, -0.15) is 0 Å². The molecule has 0 radical (unpaired) electrons. The van der Waals surface area contributed by atoms with Crippen molar-refractivity contribution in [2.75, 3.05) is 39.6 Å². The van der Waals surface area contributed by atoms with E-state index in [0.717, 1.165) is 95.8 Å². The number of ether oxygens (including phenoxy) is 4. The van der Waals surface area contributed by atoms with Crippen LogP contribution in [-0.2, 0) is 65.4 Å². The average molecular weight is 1550 g/mol. The van der Waals surface area contributed by atoms with Gasteiger partial charge in [-0.1, -0.05) is 420 Å². The molecule has 3 N–H and O–H groups in total. The van der Waals surface area contributed by atoms with E-state index >= 15 is 0 Å². The van der Waals surface area contributed by atoms with Crippen molar-refractivity contribution in [1.82, 2.24) is 0 Å². The molecule has 0 aliphatic carbocycles. The number of aliphatic hydroxyl groups excluding tert-OH is 1. The standard InChI is InChI=1S/C87H170O17P2/c1-6-9-12-15-18-21-24-27-30-33-36-39-42-45-50-55-60-65-70-84(89)97-76-82(103-86(91)72-67-62-57-51-46-43-40-37-34-31-28-25-22-19-16-13-10-7-2)78-101-105(93,94)99-74-81(88)75-100-106(95,96)102-79-83(77-98-85(90)71-66-61-56-53-48-49-54-59-64-69-80(4)5)104-87(92)73-68-63-58-52-47-44-41-38-35-32-29-26-23-20-17-14-11-8-3/h80-83,88H,6-79H2,1-5H3,(H,93,94)(H,95,96)/t81-,82-,83-/m1/s1. The Balaban J connectivity index is 5.25. The third kappa shape index (κ3) is 80.1. The van der Waals surface area contributed by atoms with Gasteiger partial charge in [0, 0.05) is 25.7 Å². The molecule has 19 heteroatoms. The SMILES string of the molecule is CCCCCCCCCCCCCCCCCCCCC(=O)OC[C@H](COP(=O)(O)OC[C@@H](O)COP(=O)(O)OC[C@@H](COC(=O)CCCCCCCCCCCC(C)C)OC(=O)CCCCCCCCCCCCCCCCCCCC)OC(=O)CCCCCCCCCCCCCCCCCCCC. The first kappa shape index (κ1) is 104. The monoisotopic (exact) mass is 1550 g/mol. The van der Waals surface area contributed by atoms with Crippen LogP contribution in [0.25, 0.3) is 0 Å². The fraction of sp³-hybridized carbons (Fsp3) is 0.954. The van der Waals surface area contributed by atoms with Gasteiger partial charge >= 0.3 is 39.5 Å². The lowest BCUT2D eigenvalue weighted by Crippen LogP contribution is -2.30. The number of carbonyl (C=O) groups excluding carboxylic acids is 4. The van der Waals surface area contributed by atoms with Gasteiger partial charge in [-0.05, 0) is 31.6 Å². The number of hydrogen-bond acceptors (Lipinski definition) is 15. The summed E-state index contributed by atoms with van der Waals surface area (Å²) in [6.07, 6.45) is 73.6. The highest BCUT2D eigenvalue weighted by molar-refractivity contribution is 7.47. The van der Waals surface area contributed by atoms with Crippen LogP contribution >= 0.6 is 15.6 Å². The van der Waals surface area contributed by atoms with Crippen LogP contribution in [0.15, 0.2) is 0 Å². The second kappa shape index (κ2) is 79.7. The molecule has 0 bridgehead atoms. The summed E-state index contributed by atoms with van der Waals surface area (Å²) >= 11 is 0. The van der Waals surface area contributed by atoms with E-state index in [0.29, 0.717) is 25.7 Å². The van der Waals surface area contributed by atoms with Gasteiger partial charge in [-0.15, -0.1) is 0 Å². The molecule has 0 fully saturated rings. The molecule has 17 nitrogen and oxygen atoms in total. The summed E-state index contributed by atoms with van der Waals surface area (Å²) in [5.41, 5.74) is 0. The highest BCUT2D eigenvalue weighted by Crippen LogP contribution is 2.45. The molecule has 0 amide bonds. The summed E-state index contributed by atoms with van der Waals surface area (Å²) in [5, 5.41) is 10.7. The van der Waals surface area contributed by atoms with Crippen molar-refractivity contribution in [3.63, 3.8) is 0 Å². The van der Waals surface area contributed by atoms with Gasteiger partial charge in [0.2, 0.25) is 0 Å². The summed E-state index contributed by atoms with van der Waals surface area (Å²) in [6, 6.07) is 0. The zero-order valence-corrected chi connectivity index (χ0v) is 71.4. The maximum Gasteiger partial charge on any atom is 0.472 e. The Labute approximate surface area is 651 Å². The molecule has 106 heavy (non-hydrogen) atoms. The van der Waals surface area contributed by atoms with Crippen molar-refractivity contribution in [3.8, 4) is 0 Å². The van der Waals surface area contributed by atoms with E-state index in [1.807, 2.05) is 0 Å². The molecule has 0 aliphatic rings. The van der Waals surface area contributed by atoms with E-state index in [4.69, 9.17) is 37.0 Å². The second-order valence-corrected chi connectivity index (χ2v) is 34.7. The Bertz CT molecular complexity index is 2010. The van der Waals surface area contributed by atoms with Crippen molar-refractivity contribution >= 4 is 39.5 Å². The number of unbranched alkanes of at least 4 members (excludes halogenated alkanes) is 59. The predicted molar refractivity (Wildman–Crippen MR) is 437 cm³/mol. The first-order valence-corrected chi connectivity index (χ1v) is 48.1. The van der Waals surface area contributed by atoms with Crippen molar-refractivity contribution in [2.45, 2.75) is 490 Å². The van der Waals surface area contributed by atoms with Crippen LogP contribution in [0.1, 0.15) is 471 Å². The molecule has 0 aromatic rings. The number of phosphoric acid groups is 2. The van der Waals surface area contributed by atoms with Gasteiger partial charge in [-0.3, -0.25) is 37.3 Å². The highest BCUT2D eigenvalue weighted by Gasteiger charge is 2.30. The molecule has 0 saturated heterocycles. The summed E-state index contributed by atoms with van der Waals surface area (Å²) in [5.74, 6) is -1.35. The largest absolute Gasteiger partial charge is 0.472 e. The maximum atomic E-state index is 13.2. The minimum atomic E-state index is -4.97. The zero-order chi connectivity index (χ0) is 77.6. The Kier molecular flexibility index (Phi) is 78.2. The molecule has 0 aromatic carbocycles. The fourth-order valence-corrected chi connectivity index (χ4v) is 15.2. The van der Waals surface area contributed by atoms with Crippen molar-refractivity contribution in [1.29, 1.82) is 0 Å².